The van der Waals surface area contributed by atoms with E-state index in [0.717, 1.165) is 36.1 Å². The molecule has 7 aromatic rings. The summed E-state index contributed by atoms with van der Waals surface area (Å²) in [5.41, 5.74) is 18.2. The third-order valence-corrected chi connectivity index (χ3v) is 10.1. The third kappa shape index (κ3) is 4.88. The standard InChI is InChI=1S/C41H33N3S/c1-2-3-4-13-37(42)30-10-7-9-27(22-30)28-16-19-40-35(24-28)36-25-32(17-20-41(36)45-40)44-38-14-6-5-12-33(38)34-23-29(15-18-39(34)44)31-11-8-21-43-26-31/h3-15,17-18,20-26H,2,16,19,42H2,1H3/b4-3-,37-13-. The van der Waals surface area contributed by atoms with Crippen LogP contribution in [0.3, 0.4) is 0 Å². The molecule has 4 aromatic carbocycles. The molecular formula is C41H33N3S. The highest BCUT2D eigenvalue weighted by molar-refractivity contribution is 7.19. The third-order valence-electron chi connectivity index (χ3n) is 8.87. The van der Waals surface area contributed by atoms with Gasteiger partial charge in [0.1, 0.15) is 0 Å². The number of fused-ring (bicyclic) bond motifs is 6. The van der Waals surface area contributed by atoms with Gasteiger partial charge in [0.15, 0.2) is 0 Å². The average molecular weight is 600 g/mol. The minimum absolute atomic E-state index is 0.794. The number of hydrogen-bond donors (Lipinski definition) is 1. The van der Waals surface area contributed by atoms with Gasteiger partial charge in [-0.15, -0.1) is 11.3 Å². The van der Waals surface area contributed by atoms with E-state index in [1.807, 2.05) is 41.9 Å². The van der Waals surface area contributed by atoms with Crippen molar-refractivity contribution in [3.05, 3.63) is 149 Å². The Morgan fingerprint density at radius 3 is 2.60 bits per heavy atom. The van der Waals surface area contributed by atoms with E-state index in [1.54, 1.807) is 0 Å². The molecule has 0 amide bonds. The molecule has 3 aromatic heterocycles. The number of aryl methyl sites for hydroxylation is 1. The molecule has 0 radical (unpaired) electrons. The van der Waals surface area contributed by atoms with E-state index in [2.05, 4.69) is 120 Å². The number of nitrogens with zero attached hydrogens (tertiary/aromatic N) is 2. The van der Waals surface area contributed by atoms with Crippen molar-refractivity contribution in [2.24, 2.45) is 5.73 Å². The minimum atomic E-state index is 0.794. The number of thiophene rings is 1. The summed E-state index contributed by atoms with van der Waals surface area (Å²) in [5.74, 6) is 0. The summed E-state index contributed by atoms with van der Waals surface area (Å²) in [6.07, 6.45) is 15.4. The fraction of sp³-hybridized carbons (Fsp3) is 0.0976. The normalized spacial score (nSPS) is 13.6. The van der Waals surface area contributed by atoms with Crippen LogP contribution in [0.2, 0.25) is 0 Å². The Morgan fingerprint density at radius 1 is 0.822 bits per heavy atom. The van der Waals surface area contributed by atoms with Gasteiger partial charge in [0.25, 0.3) is 0 Å². The quantitative estimate of drug-likeness (QED) is 0.193. The molecule has 1 aliphatic rings. The van der Waals surface area contributed by atoms with Gasteiger partial charge in [-0.2, -0.15) is 0 Å². The van der Waals surface area contributed by atoms with Crippen molar-refractivity contribution in [3.63, 3.8) is 0 Å². The maximum Gasteiger partial charge on any atom is 0.0541 e. The van der Waals surface area contributed by atoms with Crippen LogP contribution in [-0.2, 0) is 6.42 Å². The number of para-hydroxylation sites is 1. The van der Waals surface area contributed by atoms with Gasteiger partial charge >= 0.3 is 0 Å². The molecule has 1 aliphatic carbocycles. The van der Waals surface area contributed by atoms with Gasteiger partial charge < -0.3 is 10.3 Å². The molecule has 3 heterocycles. The van der Waals surface area contributed by atoms with Crippen LogP contribution in [0.4, 0.5) is 0 Å². The highest BCUT2D eigenvalue weighted by Crippen LogP contribution is 2.42. The SMILES string of the molecule is CC/C=C\C=C(/N)c1cccc(C2=Cc3c(sc4ccc(-n5c6ccccc6c6cc(-c7cccnc7)ccc65)cc34)CC2)c1. The van der Waals surface area contributed by atoms with E-state index in [-0.39, 0.29) is 0 Å². The van der Waals surface area contributed by atoms with Crippen LogP contribution in [0.1, 0.15) is 41.3 Å². The van der Waals surface area contributed by atoms with Gasteiger partial charge in [0, 0.05) is 55.1 Å². The molecule has 0 saturated carbocycles. The summed E-state index contributed by atoms with van der Waals surface area (Å²) in [5, 5.41) is 3.83. The van der Waals surface area contributed by atoms with Crippen LogP contribution < -0.4 is 5.73 Å². The van der Waals surface area contributed by atoms with Gasteiger partial charge in [0.05, 0.1) is 11.0 Å². The van der Waals surface area contributed by atoms with Crippen molar-refractivity contribution in [3.8, 4) is 16.8 Å². The molecule has 2 N–H and O–H groups in total. The molecule has 0 aliphatic heterocycles. The zero-order chi connectivity index (χ0) is 30.3. The van der Waals surface area contributed by atoms with E-state index >= 15 is 0 Å². The Bertz CT molecular complexity index is 2310. The number of rotatable bonds is 6. The molecule has 0 bridgehead atoms. The fourth-order valence-electron chi connectivity index (χ4n) is 6.63. The summed E-state index contributed by atoms with van der Waals surface area (Å²) in [6.45, 7) is 2.13. The number of benzene rings is 4. The van der Waals surface area contributed by atoms with E-state index in [4.69, 9.17) is 5.73 Å². The number of aromatic nitrogens is 2. The molecule has 0 saturated heterocycles. The second-order valence-corrected chi connectivity index (χ2v) is 12.8. The zero-order valence-corrected chi connectivity index (χ0v) is 26.0. The molecule has 218 valence electrons. The van der Waals surface area contributed by atoms with E-state index in [1.165, 1.54) is 64.7 Å². The second-order valence-electron chi connectivity index (χ2n) is 11.7. The van der Waals surface area contributed by atoms with Crippen LogP contribution in [0, 0.1) is 0 Å². The monoisotopic (exact) mass is 599 g/mol. The van der Waals surface area contributed by atoms with E-state index < -0.39 is 0 Å². The lowest BCUT2D eigenvalue weighted by atomic mass is 9.91. The summed E-state index contributed by atoms with van der Waals surface area (Å²) >= 11 is 1.93. The Hall–Kier alpha value is -5.19. The highest BCUT2D eigenvalue weighted by atomic mass is 32.1. The maximum absolute atomic E-state index is 6.44. The van der Waals surface area contributed by atoms with Gasteiger partial charge in [-0.25, -0.2) is 0 Å². The lowest BCUT2D eigenvalue weighted by molar-refractivity contribution is 1.03. The summed E-state index contributed by atoms with van der Waals surface area (Å²) in [7, 11) is 0. The van der Waals surface area contributed by atoms with Crippen LogP contribution in [0.15, 0.2) is 128 Å². The lowest BCUT2D eigenvalue weighted by Crippen LogP contribution is -1.99. The Kier molecular flexibility index (Phi) is 6.92. The first-order valence-electron chi connectivity index (χ1n) is 15.6. The molecular weight excluding hydrogens is 567 g/mol. The predicted molar refractivity (Wildman–Crippen MR) is 194 cm³/mol. The number of pyridine rings is 1. The second kappa shape index (κ2) is 11.4. The van der Waals surface area contributed by atoms with Gasteiger partial charge in [0.2, 0.25) is 0 Å². The van der Waals surface area contributed by atoms with Gasteiger partial charge in [-0.3, -0.25) is 4.98 Å². The van der Waals surface area contributed by atoms with Crippen molar-refractivity contribution >= 4 is 60.6 Å². The Labute approximate surface area is 267 Å². The molecule has 8 rings (SSSR count). The molecule has 0 spiro atoms. The first-order chi connectivity index (χ1) is 22.2. The van der Waals surface area contributed by atoms with E-state index in [9.17, 15) is 0 Å². The number of nitrogens with two attached hydrogens (primary N) is 1. The maximum atomic E-state index is 6.44. The first-order valence-corrected chi connectivity index (χ1v) is 16.4. The molecule has 4 heteroatoms. The fourth-order valence-corrected chi connectivity index (χ4v) is 7.79. The largest absolute Gasteiger partial charge is 0.398 e. The molecule has 0 atom stereocenters. The molecule has 0 unspecified atom stereocenters. The van der Waals surface area contributed by atoms with Crippen LogP contribution in [0.25, 0.3) is 66.1 Å². The van der Waals surface area contributed by atoms with Crippen molar-refractivity contribution < 1.29 is 0 Å². The summed E-state index contributed by atoms with van der Waals surface area (Å²) in [6, 6.07) is 35.3. The molecule has 45 heavy (non-hydrogen) atoms. The smallest absolute Gasteiger partial charge is 0.0541 e. The van der Waals surface area contributed by atoms with Gasteiger partial charge in [-0.05, 0) is 108 Å². The number of allylic oxidation sites excluding steroid dienone is 4. The first kappa shape index (κ1) is 27.4. The highest BCUT2D eigenvalue weighted by Gasteiger charge is 2.20. The zero-order valence-electron chi connectivity index (χ0n) is 25.2. The van der Waals surface area contributed by atoms with E-state index in [0.29, 0.717) is 0 Å². The Balaban J connectivity index is 1.24. The van der Waals surface area contributed by atoms with Gasteiger partial charge in [-0.1, -0.05) is 67.6 Å². The summed E-state index contributed by atoms with van der Waals surface area (Å²) in [4.78, 5) is 5.81. The Morgan fingerprint density at radius 2 is 1.71 bits per heavy atom. The van der Waals surface area contributed by atoms with Crippen molar-refractivity contribution in [1.29, 1.82) is 0 Å². The van der Waals surface area contributed by atoms with Crippen molar-refractivity contribution in [2.45, 2.75) is 26.2 Å². The predicted octanol–water partition coefficient (Wildman–Crippen LogP) is 10.8. The average Bonchev–Trinajstić information content (AvgIpc) is 3.63. The van der Waals surface area contributed by atoms with Crippen molar-refractivity contribution in [1.82, 2.24) is 9.55 Å². The molecule has 0 fully saturated rings. The topological polar surface area (TPSA) is 43.8 Å². The van der Waals surface area contributed by atoms with Crippen LogP contribution in [-0.4, -0.2) is 9.55 Å². The molecule has 3 nitrogen and oxygen atoms in total. The van der Waals surface area contributed by atoms with Crippen molar-refractivity contribution in [2.75, 3.05) is 0 Å². The lowest BCUT2D eigenvalue weighted by Gasteiger charge is -2.15. The van der Waals surface area contributed by atoms with Crippen LogP contribution in [0.5, 0.6) is 0 Å². The van der Waals surface area contributed by atoms with Crippen LogP contribution >= 0.6 is 11.3 Å². The minimum Gasteiger partial charge on any atom is -0.398 e. The number of hydrogen-bond acceptors (Lipinski definition) is 3. The summed E-state index contributed by atoms with van der Waals surface area (Å²) < 4.78 is 3.75.